The number of carbonyl (C=O) groups is 2. The van der Waals surface area contributed by atoms with Gasteiger partial charge in [0.2, 0.25) is 0 Å². The fourth-order valence-electron chi connectivity index (χ4n) is 4.16. The van der Waals surface area contributed by atoms with Gasteiger partial charge in [0.25, 0.3) is 5.91 Å². The number of benzene rings is 2. The number of ether oxygens (including phenoxy) is 1. The molecule has 7 heteroatoms. The van der Waals surface area contributed by atoms with Crippen molar-refractivity contribution in [3.8, 4) is 0 Å². The maximum Gasteiger partial charge on any atom is 0.310 e. The Balaban J connectivity index is 1.12. The van der Waals surface area contributed by atoms with E-state index in [1.807, 2.05) is 54.7 Å². The third-order valence-corrected chi connectivity index (χ3v) is 5.87. The number of aromatic amines is 1. The van der Waals surface area contributed by atoms with Crippen LogP contribution in [0.1, 0.15) is 30.2 Å². The lowest BCUT2D eigenvalue weighted by Gasteiger charge is -2.30. The number of amides is 1. The molecule has 158 valence electrons. The Morgan fingerprint density at radius 2 is 1.87 bits per heavy atom. The van der Waals surface area contributed by atoms with Gasteiger partial charge in [-0.2, -0.15) is 0 Å². The first-order valence-corrected chi connectivity index (χ1v) is 10.5. The van der Waals surface area contributed by atoms with Crippen molar-refractivity contribution in [3.05, 3.63) is 66.2 Å². The molecule has 3 heterocycles. The van der Waals surface area contributed by atoms with Gasteiger partial charge in [-0.15, -0.1) is 0 Å². The van der Waals surface area contributed by atoms with Crippen molar-refractivity contribution in [1.82, 2.24) is 14.9 Å². The Morgan fingerprint density at radius 1 is 1.10 bits per heavy atom. The summed E-state index contributed by atoms with van der Waals surface area (Å²) < 4.78 is 11.1. The number of aromatic nitrogens is 2. The first kappa shape index (κ1) is 19.4. The molecule has 7 nitrogen and oxygen atoms in total. The van der Waals surface area contributed by atoms with Crippen molar-refractivity contribution in [2.45, 2.75) is 25.2 Å². The third-order valence-electron chi connectivity index (χ3n) is 5.87. The molecular weight excluding hydrogens is 394 g/mol. The average Bonchev–Trinajstić information content (AvgIpc) is 3.42. The fraction of sp³-hybridized carbons (Fsp3) is 0.292. The summed E-state index contributed by atoms with van der Waals surface area (Å²) in [4.78, 5) is 34.2. The second kappa shape index (κ2) is 8.26. The van der Waals surface area contributed by atoms with Crippen LogP contribution < -0.4 is 0 Å². The van der Waals surface area contributed by atoms with Gasteiger partial charge < -0.3 is 19.0 Å². The van der Waals surface area contributed by atoms with Crippen LogP contribution in [0.3, 0.4) is 0 Å². The first-order chi connectivity index (χ1) is 15.2. The van der Waals surface area contributed by atoms with Crippen LogP contribution in [-0.4, -0.2) is 46.4 Å². The molecule has 1 saturated heterocycles. The number of H-pyrrole nitrogens is 1. The number of hydrogen-bond acceptors (Lipinski definition) is 5. The van der Waals surface area contributed by atoms with Crippen LogP contribution >= 0.6 is 0 Å². The minimum absolute atomic E-state index is 0.136. The van der Waals surface area contributed by atoms with Crippen molar-refractivity contribution < 1.29 is 18.7 Å². The van der Waals surface area contributed by atoms with Gasteiger partial charge in [0, 0.05) is 36.1 Å². The standard InChI is InChI=1S/C24H23N3O4/c28-22(15-30-23(29)13-17-14-25-19-6-2-1-5-18(17)19)27-11-9-16(10-12-27)24-26-20-7-3-4-8-21(20)31-24/h1-8,14,16,25H,9-13,15H2. The highest BCUT2D eigenvalue weighted by Crippen LogP contribution is 2.30. The molecule has 0 aliphatic carbocycles. The molecule has 0 unspecified atom stereocenters. The predicted octanol–water partition coefficient (Wildman–Crippen LogP) is 3.80. The lowest BCUT2D eigenvalue weighted by Crippen LogP contribution is -2.40. The van der Waals surface area contributed by atoms with Crippen molar-refractivity contribution in [2.75, 3.05) is 19.7 Å². The molecule has 1 aliphatic heterocycles. The number of oxazole rings is 1. The maximum absolute atomic E-state index is 12.5. The average molecular weight is 417 g/mol. The molecule has 0 spiro atoms. The number of rotatable bonds is 5. The molecule has 5 rings (SSSR count). The summed E-state index contributed by atoms with van der Waals surface area (Å²) >= 11 is 0. The van der Waals surface area contributed by atoms with E-state index in [1.165, 1.54) is 0 Å². The highest BCUT2D eigenvalue weighted by molar-refractivity contribution is 5.88. The number of carbonyl (C=O) groups excluding carboxylic acids is 2. The zero-order chi connectivity index (χ0) is 21.2. The van der Waals surface area contributed by atoms with Crippen LogP contribution in [-0.2, 0) is 20.7 Å². The molecule has 0 bridgehead atoms. The highest BCUT2D eigenvalue weighted by Gasteiger charge is 2.27. The normalized spacial score (nSPS) is 14.9. The number of nitrogens with one attached hydrogen (secondary N) is 1. The van der Waals surface area contributed by atoms with Crippen LogP contribution in [0.25, 0.3) is 22.0 Å². The monoisotopic (exact) mass is 417 g/mol. The van der Waals surface area contributed by atoms with E-state index in [2.05, 4.69) is 9.97 Å². The minimum atomic E-state index is -0.403. The van der Waals surface area contributed by atoms with E-state index in [-0.39, 0.29) is 24.9 Å². The number of piperidine rings is 1. The topological polar surface area (TPSA) is 88.4 Å². The van der Waals surface area contributed by atoms with Gasteiger partial charge in [-0.05, 0) is 36.6 Å². The second-order valence-electron chi connectivity index (χ2n) is 7.87. The summed E-state index contributed by atoms with van der Waals surface area (Å²) in [5.41, 5.74) is 3.49. The van der Waals surface area contributed by atoms with E-state index in [4.69, 9.17) is 9.15 Å². The summed E-state index contributed by atoms with van der Waals surface area (Å²) in [5, 5.41) is 0.993. The summed E-state index contributed by atoms with van der Waals surface area (Å²) in [6.45, 7) is 0.971. The van der Waals surface area contributed by atoms with Crippen molar-refractivity contribution in [1.29, 1.82) is 0 Å². The van der Waals surface area contributed by atoms with E-state index in [0.717, 1.165) is 46.3 Å². The second-order valence-corrected chi connectivity index (χ2v) is 7.87. The van der Waals surface area contributed by atoms with Crippen molar-refractivity contribution in [2.24, 2.45) is 0 Å². The Kier molecular flexibility index (Phi) is 5.16. The Labute approximate surface area is 179 Å². The molecule has 1 amide bonds. The van der Waals surface area contributed by atoms with Crippen LogP contribution in [0.4, 0.5) is 0 Å². The largest absolute Gasteiger partial charge is 0.455 e. The number of fused-ring (bicyclic) bond motifs is 2. The number of esters is 1. The molecule has 1 fully saturated rings. The minimum Gasteiger partial charge on any atom is -0.455 e. The third kappa shape index (κ3) is 4.03. The van der Waals surface area contributed by atoms with E-state index < -0.39 is 5.97 Å². The van der Waals surface area contributed by atoms with E-state index in [0.29, 0.717) is 13.1 Å². The zero-order valence-corrected chi connectivity index (χ0v) is 17.0. The molecule has 0 saturated carbocycles. The van der Waals surface area contributed by atoms with Gasteiger partial charge in [-0.1, -0.05) is 30.3 Å². The van der Waals surface area contributed by atoms with E-state index in [1.54, 1.807) is 4.90 Å². The SMILES string of the molecule is O=C(Cc1c[nH]c2ccccc12)OCC(=O)N1CCC(c2nc3ccccc3o2)CC1. The Bertz CT molecular complexity index is 1200. The molecule has 1 N–H and O–H groups in total. The van der Waals surface area contributed by atoms with Gasteiger partial charge >= 0.3 is 5.97 Å². The van der Waals surface area contributed by atoms with E-state index >= 15 is 0 Å². The lowest BCUT2D eigenvalue weighted by molar-refractivity contribution is -0.151. The van der Waals surface area contributed by atoms with Gasteiger partial charge in [0.1, 0.15) is 5.52 Å². The molecule has 2 aromatic carbocycles. The molecule has 0 radical (unpaired) electrons. The van der Waals surface area contributed by atoms with Gasteiger partial charge in [-0.25, -0.2) is 4.98 Å². The van der Waals surface area contributed by atoms with Crippen LogP contribution in [0.5, 0.6) is 0 Å². The summed E-state index contributed by atoms with van der Waals surface area (Å²) in [5.74, 6) is 0.363. The molecule has 2 aromatic heterocycles. The number of para-hydroxylation sites is 3. The Hall–Kier alpha value is -3.61. The van der Waals surface area contributed by atoms with Gasteiger partial charge in [0.15, 0.2) is 18.1 Å². The Morgan fingerprint density at radius 3 is 2.71 bits per heavy atom. The zero-order valence-electron chi connectivity index (χ0n) is 17.0. The fourth-order valence-corrected chi connectivity index (χ4v) is 4.16. The molecule has 31 heavy (non-hydrogen) atoms. The van der Waals surface area contributed by atoms with Crippen molar-refractivity contribution in [3.63, 3.8) is 0 Å². The summed E-state index contributed by atoms with van der Waals surface area (Å²) in [7, 11) is 0. The lowest BCUT2D eigenvalue weighted by atomic mass is 9.97. The molecule has 0 atom stereocenters. The van der Waals surface area contributed by atoms with Crippen LogP contribution in [0, 0.1) is 0 Å². The number of nitrogens with zero attached hydrogens (tertiary/aromatic N) is 2. The molecular formula is C24H23N3O4. The van der Waals surface area contributed by atoms with Crippen molar-refractivity contribution >= 4 is 33.9 Å². The molecule has 1 aliphatic rings. The first-order valence-electron chi connectivity index (χ1n) is 10.5. The number of hydrogen-bond donors (Lipinski definition) is 1. The van der Waals surface area contributed by atoms with Gasteiger partial charge in [0.05, 0.1) is 6.42 Å². The predicted molar refractivity (Wildman–Crippen MR) is 116 cm³/mol. The number of likely N-dealkylation sites (tertiary alicyclic amines) is 1. The quantitative estimate of drug-likeness (QED) is 0.499. The highest BCUT2D eigenvalue weighted by atomic mass is 16.5. The maximum atomic E-state index is 12.5. The molecule has 4 aromatic rings. The van der Waals surface area contributed by atoms with E-state index in [9.17, 15) is 9.59 Å². The van der Waals surface area contributed by atoms with Crippen LogP contribution in [0.2, 0.25) is 0 Å². The summed E-state index contributed by atoms with van der Waals surface area (Å²) in [6, 6.07) is 15.5. The van der Waals surface area contributed by atoms with Gasteiger partial charge in [-0.3, -0.25) is 9.59 Å². The summed E-state index contributed by atoms with van der Waals surface area (Å²) in [6.07, 6.45) is 3.51. The van der Waals surface area contributed by atoms with Crippen LogP contribution in [0.15, 0.2) is 59.1 Å². The smallest absolute Gasteiger partial charge is 0.310 e.